The maximum absolute atomic E-state index is 12.7. The molecule has 0 aliphatic carbocycles. The molecule has 0 atom stereocenters. The molecule has 1 aliphatic rings. The summed E-state index contributed by atoms with van der Waals surface area (Å²) in [5.74, 6) is 0.755. The molecule has 1 amide bonds. The van der Waals surface area contributed by atoms with Crippen LogP contribution in [0.5, 0.6) is 5.75 Å². The van der Waals surface area contributed by atoms with Crippen molar-refractivity contribution in [2.24, 2.45) is 0 Å². The van der Waals surface area contributed by atoms with Crippen molar-refractivity contribution >= 4 is 23.2 Å². The zero-order chi connectivity index (χ0) is 17.1. The monoisotopic (exact) mass is 344 g/mol. The van der Waals surface area contributed by atoms with Gasteiger partial charge in [0.1, 0.15) is 5.75 Å². The number of methoxy groups -OCH3 is 1. The summed E-state index contributed by atoms with van der Waals surface area (Å²) in [5.41, 5.74) is 3.02. The Labute approximate surface area is 147 Å². The quantitative estimate of drug-likeness (QED) is 0.852. The maximum Gasteiger partial charge on any atom is 0.254 e. The molecule has 5 heteroatoms. The minimum absolute atomic E-state index is 0.0522. The van der Waals surface area contributed by atoms with Gasteiger partial charge in [0.15, 0.2) is 0 Å². The van der Waals surface area contributed by atoms with Crippen molar-refractivity contribution in [3.8, 4) is 5.75 Å². The van der Waals surface area contributed by atoms with E-state index in [0.29, 0.717) is 24.4 Å². The molecule has 0 saturated carbocycles. The van der Waals surface area contributed by atoms with Crippen LogP contribution < -0.4 is 9.64 Å². The molecule has 1 fully saturated rings. The zero-order valence-corrected chi connectivity index (χ0v) is 14.7. The van der Waals surface area contributed by atoms with E-state index in [4.69, 9.17) is 16.3 Å². The molecule has 1 aliphatic heterocycles. The van der Waals surface area contributed by atoms with Crippen LogP contribution in [0.15, 0.2) is 42.5 Å². The summed E-state index contributed by atoms with van der Waals surface area (Å²) < 4.78 is 5.20. The summed E-state index contributed by atoms with van der Waals surface area (Å²) >= 11 is 6.12. The first-order chi connectivity index (χ1) is 11.6. The van der Waals surface area contributed by atoms with E-state index >= 15 is 0 Å². The number of aryl methyl sites for hydroxylation is 1. The molecule has 0 unspecified atom stereocenters. The maximum atomic E-state index is 12.7. The molecule has 1 saturated heterocycles. The molecular weight excluding hydrogens is 324 g/mol. The highest BCUT2D eigenvalue weighted by Gasteiger charge is 2.23. The van der Waals surface area contributed by atoms with Crippen molar-refractivity contribution in [2.45, 2.75) is 6.92 Å². The molecule has 2 aromatic rings. The molecule has 0 N–H and O–H groups in total. The molecule has 0 radical (unpaired) electrons. The van der Waals surface area contributed by atoms with E-state index in [-0.39, 0.29) is 5.91 Å². The van der Waals surface area contributed by atoms with Crippen LogP contribution >= 0.6 is 11.6 Å². The van der Waals surface area contributed by atoms with Gasteiger partial charge in [0.2, 0.25) is 0 Å². The highest BCUT2D eigenvalue weighted by Crippen LogP contribution is 2.25. The number of rotatable bonds is 3. The van der Waals surface area contributed by atoms with Crippen molar-refractivity contribution in [3.05, 3.63) is 58.6 Å². The fourth-order valence-electron chi connectivity index (χ4n) is 3.01. The number of carbonyl (C=O) groups excluding carboxylic acids is 1. The van der Waals surface area contributed by atoms with E-state index in [2.05, 4.69) is 11.8 Å². The number of hydrogen-bond donors (Lipinski definition) is 0. The van der Waals surface area contributed by atoms with Gasteiger partial charge in [0, 0.05) is 42.5 Å². The van der Waals surface area contributed by atoms with Crippen molar-refractivity contribution in [1.82, 2.24) is 4.90 Å². The number of ether oxygens (including phenoxy) is 1. The predicted octanol–water partition coefficient (Wildman–Crippen LogP) is 3.62. The van der Waals surface area contributed by atoms with Gasteiger partial charge in [-0.15, -0.1) is 0 Å². The van der Waals surface area contributed by atoms with Crippen LogP contribution in [0.1, 0.15) is 15.9 Å². The second kappa shape index (κ2) is 7.14. The Morgan fingerprint density at radius 1 is 1.08 bits per heavy atom. The van der Waals surface area contributed by atoms with E-state index in [1.165, 1.54) is 5.56 Å². The van der Waals surface area contributed by atoms with Gasteiger partial charge in [-0.05, 0) is 42.8 Å². The van der Waals surface area contributed by atoms with E-state index in [9.17, 15) is 4.79 Å². The Bertz CT molecular complexity index is 740. The van der Waals surface area contributed by atoms with Crippen LogP contribution in [0.4, 0.5) is 5.69 Å². The molecular formula is C19H21ClN2O2. The number of halogens is 1. The SMILES string of the molecule is COc1cccc(C(=O)N2CCN(c3cc(Cl)ccc3C)CC2)c1. The molecule has 126 valence electrons. The van der Waals surface area contributed by atoms with Gasteiger partial charge in [-0.3, -0.25) is 4.79 Å². The molecule has 0 aromatic heterocycles. The topological polar surface area (TPSA) is 32.8 Å². The lowest BCUT2D eigenvalue weighted by molar-refractivity contribution is 0.0746. The van der Waals surface area contributed by atoms with Gasteiger partial charge in [-0.1, -0.05) is 23.7 Å². The minimum Gasteiger partial charge on any atom is -0.497 e. The summed E-state index contributed by atoms with van der Waals surface area (Å²) in [7, 11) is 1.61. The predicted molar refractivity (Wildman–Crippen MR) is 97.3 cm³/mol. The van der Waals surface area contributed by atoms with Crippen LogP contribution in [0.2, 0.25) is 5.02 Å². The fraction of sp³-hybridized carbons (Fsp3) is 0.316. The minimum atomic E-state index is 0.0522. The Kier molecular flexibility index (Phi) is 4.95. The van der Waals surface area contributed by atoms with Crippen LogP contribution in [-0.2, 0) is 0 Å². The number of benzene rings is 2. The average Bonchev–Trinajstić information content (AvgIpc) is 2.63. The summed E-state index contributed by atoms with van der Waals surface area (Å²) in [5, 5.41) is 0.741. The summed E-state index contributed by atoms with van der Waals surface area (Å²) in [4.78, 5) is 16.8. The Hall–Kier alpha value is -2.20. The standard InChI is InChI=1S/C19H21ClN2O2/c1-14-6-7-16(20)13-18(14)21-8-10-22(11-9-21)19(23)15-4-3-5-17(12-15)24-2/h3-7,12-13H,8-11H2,1-2H3. The van der Waals surface area contributed by atoms with Crippen LogP contribution in [-0.4, -0.2) is 44.1 Å². The Morgan fingerprint density at radius 2 is 1.83 bits per heavy atom. The largest absolute Gasteiger partial charge is 0.497 e. The number of nitrogens with zero attached hydrogens (tertiary/aromatic N) is 2. The molecule has 4 nitrogen and oxygen atoms in total. The first-order valence-corrected chi connectivity index (χ1v) is 8.40. The second-order valence-corrected chi connectivity index (χ2v) is 6.38. The van der Waals surface area contributed by atoms with E-state index in [0.717, 1.165) is 23.8 Å². The number of anilines is 1. The molecule has 0 bridgehead atoms. The summed E-state index contributed by atoms with van der Waals surface area (Å²) in [6.45, 7) is 5.08. The normalized spacial score (nSPS) is 14.6. The average molecular weight is 345 g/mol. The van der Waals surface area contributed by atoms with Gasteiger partial charge in [-0.25, -0.2) is 0 Å². The number of hydrogen-bond acceptors (Lipinski definition) is 3. The third-order valence-corrected chi connectivity index (χ3v) is 4.63. The molecule has 2 aromatic carbocycles. The highest BCUT2D eigenvalue weighted by atomic mass is 35.5. The van der Waals surface area contributed by atoms with Crippen molar-refractivity contribution in [1.29, 1.82) is 0 Å². The Morgan fingerprint density at radius 3 is 2.54 bits per heavy atom. The van der Waals surface area contributed by atoms with Crippen LogP contribution in [0, 0.1) is 6.92 Å². The smallest absolute Gasteiger partial charge is 0.254 e. The van der Waals surface area contributed by atoms with Crippen molar-refractivity contribution in [3.63, 3.8) is 0 Å². The van der Waals surface area contributed by atoms with Gasteiger partial charge < -0.3 is 14.5 Å². The van der Waals surface area contributed by atoms with Crippen LogP contribution in [0.25, 0.3) is 0 Å². The van der Waals surface area contributed by atoms with E-state index in [1.54, 1.807) is 13.2 Å². The van der Waals surface area contributed by atoms with Gasteiger partial charge >= 0.3 is 0 Å². The second-order valence-electron chi connectivity index (χ2n) is 5.94. The lowest BCUT2D eigenvalue weighted by Gasteiger charge is -2.37. The van der Waals surface area contributed by atoms with Crippen LogP contribution in [0.3, 0.4) is 0 Å². The number of carbonyl (C=O) groups is 1. The Balaban J connectivity index is 1.68. The fourth-order valence-corrected chi connectivity index (χ4v) is 3.18. The first-order valence-electron chi connectivity index (χ1n) is 8.03. The summed E-state index contributed by atoms with van der Waals surface area (Å²) in [6.07, 6.45) is 0. The zero-order valence-electron chi connectivity index (χ0n) is 14.0. The van der Waals surface area contributed by atoms with Gasteiger partial charge in [0.25, 0.3) is 5.91 Å². The summed E-state index contributed by atoms with van der Waals surface area (Å²) in [6, 6.07) is 13.2. The number of piperazine rings is 1. The number of amides is 1. The lowest BCUT2D eigenvalue weighted by atomic mass is 10.1. The molecule has 24 heavy (non-hydrogen) atoms. The van der Waals surface area contributed by atoms with Crippen molar-refractivity contribution in [2.75, 3.05) is 38.2 Å². The molecule has 3 rings (SSSR count). The lowest BCUT2D eigenvalue weighted by Crippen LogP contribution is -2.49. The molecule has 1 heterocycles. The molecule has 0 spiro atoms. The first kappa shape index (κ1) is 16.7. The van der Waals surface area contributed by atoms with Gasteiger partial charge in [0.05, 0.1) is 7.11 Å². The highest BCUT2D eigenvalue weighted by molar-refractivity contribution is 6.30. The van der Waals surface area contributed by atoms with Gasteiger partial charge in [-0.2, -0.15) is 0 Å². The van der Waals surface area contributed by atoms with E-state index < -0.39 is 0 Å². The third kappa shape index (κ3) is 3.49. The van der Waals surface area contributed by atoms with E-state index in [1.807, 2.05) is 41.3 Å². The van der Waals surface area contributed by atoms with Crippen molar-refractivity contribution < 1.29 is 9.53 Å². The third-order valence-electron chi connectivity index (χ3n) is 4.40.